The summed E-state index contributed by atoms with van der Waals surface area (Å²) in [4.78, 5) is 41.8. The fourth-order valence-corrected chi connectivity index (χ4v) is 7.60. The van der Waals surface area contributed by atoms with Gasteiger partial charge in [0.25, 0.3) is 5.56 Å². The zero-order valence-electron chi connectivity index (χ0n) is 30.1. The van der Waals surface area contributed by atoms with E-state index in [0.29, 0.717) is 49.1 Å². The average Bonchev–Trinajstić information content (AvgIpc) is 3.63. The van der Waals surface area contributed by atoms with Gasteiger partial charge in [0.1, 0.15) is 23.7 Å². The van der Waals surface area contributed by atoms with Gasteiger partial charge in [-0.15, -0.1) is 0 Å². The van der Waals surface area contributed by atoms with E-state index in [0.717, 1.165) is 73.2 Å². The smallest absolute Gasteiger partial charge is 0.276 e. The predicted molar refractivity (Wildman–Crippen MR) is 198 cm³/mol. The summed E-state index contributed by atoms with van der Waals surface area (Å²) in [5, 5.41) is 17.1. The van der Waals surface area contributed by atoms with Crippen LogP contribution in [0.1, 0.15) is 42.7 Å². The third-order valence-electron chi connectivity index (χ3n) is 10.5. The Morgan fingerprint density at radius 1 is 1.00 bits per heavy atom. The maximum absolute atomic E-state index is 13.0. The molecule has 276 valence electrons. The van der Waals surface area contributed by atoms with Gasteiger partial charge in [0.05, 0.1) is 51.2 Å². The molecule has 2 aromatic carbocycles. The van der Waals surface area contributed by atoms with E-state index in [1.54, 1.807) is 38.2 Å². The van der Waals surface area contributed by atoms with Crippen LogP contribution in [0.5, 0.6) is 11.5 Å². The molecule has 14 heteroatoms. The maximum atomic E-state index is 13.0. The van der Waals surface area contributed by atoms with E-state index >= 15 is 0 Å². The highest BCUT2D eigenvalue weighted by atomic mass is 16.5. The summed E-state index contributed by atoms with van der Waals surface area (Å²) in [6.45, 7) is 5.10. The van der Waals surface area contributed by atoms with Gasteiger partial charge in [-0.3, -0.25) is 29.3 Å². The van der Waals surface area contributed by atoms with Crippen LogP contribution < -0.4 is 31.0 Å². The number of methoxy groups -OCH3 is 2. The van der Waals surface area contributed by atoms with Gasteiger partial charge in [-0.05, 0) is 73.7 Å². The summed E-state index contributed by atoms with van der Waals surface area (Å²) in [5.74, 6) is 1.95. The molecule has 52 heavy (non-hydrogen) atoms. The van der Waals surface area contributed by atoms with Crippen LogP contribution in [0.15, 0.2) is 53.6 Å². The lowest BCUT2D eigenvalue weighted by Crippen LogP contribution is -2.59. The molecule has 3 aliphatic rings. The van der Waals surface area contributed by atoms with Crippen molar-refractivity contribution in [1.29, 1.82) is 0 Å². The second-order valence-corrected chi connectivity index (χ2v) is 14.1. The lowest BCUT2D eigenvalue weighted by molar-refractivity contribution is -0.125. The molecule has 0 aliphatic carbocycles. The number of carbonyl (C=O) groups is 2. The first-order chi connectivity index (χ1) is 25.3. The van der Waals surface area contributed by atoms with E-state index in [1.807, 2.05) is 12.1 Å². The van der Waals surface area contributed by atoms with Gasteiger partial charge >= 0.3 is 0 Å². The number of aromatic amines is 1. The van der Waals surface area contributed by atoms with Crippen LogP contribution in [0.4, 0.5) is 5.69 Å². The minimum atomic E-state index is -0.140. The van der Waals surface area contributed by atoms with E-state index in [4.69, 9.17) is 14.2 Å². The number of fused-ring (bicyclic) bond motifs is 1. The number of nitrogens with zero attached hydrogens (tertiary/aromatic N) is 4. The predicted octanol–water partition coefficient (Wildman–Crippen LogP) is 2.79. The van der Waals surface area contributed by atoms with Crippen LogP contribution >= 0.6 is 0 Å². The van der Waals surface area contributed by atoms with Crippen LogP contribution in [0.3, 0.4) is 0 Å². The van der Waals surface area contributed by atoms with E-state index in [-0.39, 0.29) is 36.2 Å². The van der Waals surface area contributed by atoms with Crippen LogP contribution in [0.25, 0.3) is 22.0 Å². The summed E-state index contributed by atoms with van der Waals surface area (Å²) in [6.07, 6.45) is 6.72. The number of amides is 2. The van der Waals surface area contributed by atoms with Crippen LogP contribution in [0.2, 0.25) is 0 Å². The van der Waals surface area contributed by atoms with E-state index < -0.39 is 0 Å². The van der Waals surface area contributed by atoms with Crippen molar-refractivity contribution in [2.24, 2.45) is 7.05 Å². The number of H-pyrrole nitrogens is 1. The van der Waals surface area contributed by atoms with Crippen molar-refractivity contribution in [2.45, 2.75) is 50.2 Å². The van der Waals surface area contributed by atoms with Gasteiger partial charge in [0, 0.05) is 55.9 Å². The lowest BCUT2D eigenvalue weighted by atomic mass is 9.89. The fourth-order valence-electron chi connectivity index (χ4n) is 7.60. The Balaban J connectivity index is 0.868. The summed E-state index contributed by atoms with van der Waals surface area (Å²) in [7, 11) is 5.01. The first-order valence-electron chi connectivity index (χ1n) is 18.0. The fraction of sp³-hybridized carbons (Fsp3) is 0.474. The number of rotatable bonds is 11. The number of carbonyl (C=O) groups excluding carboxylic acids is 2. The highest BCUT2D eigenvalue weighted by molar-refractivity contribution is 5.94. The number of likely N-dealkylation sites (tertiary alicyclic amines) is 2. The number of ether oxygens (including phenoxy) is 3. The quantitative estimate of drug-likeness (QED) is 0.183. The van der Waals surface area contributed by atoms with E-state index in [9.17, 15) is 14.4 Å². The minimum absolute atomic E-state index is 0.0238. The second-order valence-electron chi connectivity index (χ2n) is 14.1. The van der Waals surface area contributed by atoms with Crippen LogP contribution in [-0.2, 0) is 27.9 Å². The van der Waals surface area contributed by atoms with Crippen LogP contribution in [-0.4, -0.2) is 109 Å². The Hall–Kier alpha value is -4.92. The molecule has 4 N–H and O–H groups in total. The SMILES string of the molecule is COc1cc(-c2cn(C)c(=O)c3[nH]ncc23)cc(OC)c1CN1CC(NC(=O)CN2CCC(c3ccc(NC4CCC(=O)NCOC4)cc3)CC2)C1. The first-order valence-corrected chi connectivity index (χ1v) is 18.0. The zero-order chi connectivity index (χ0) is 36.2. The molecule has 2 aromatic heterocycles. The summed E-state index contributed by atoms with van der Waals surface area (Å²) in [5.41, 5.74) is 5.31. The number of hydrogen-bond donors (Lipinski definition) is 4. The molecule has 14 nitrogen and oxygen atoms in total. The normalized spacial score (nSPS) is 19.4. The molecule has 0 bridgehead atoms. The van der Waals surface area contributed by atoms with Crippen molar-refractivity contribution in [3.63, 3.8) is 0 Å². The second kappa shape index (κ2) is 15.8. The lowest BCUT2D eigenvalue weighted by Gasteiger charge is -2.40. The molecule has 3 aliphatic heterocycles. The molecule has 0 spiro atoms. The summed E-state index contributed by atoms with van der Waals surface area (Å²) >= 11 is 0. The molecular formula is C38H48N8O6. The molecule has 1 atom stereocenters. The highest BCUT2D eigenvalue weighted by Crippen LogP contribution is 2.38. The number of anilines is 1. The van der Waals surface area contributed by atoms with Crippen molar-refractivity contribution in [2.75, 3.05) is 65.6 Å². The number of pyridine rings is 1. The van der Waals surface area contributed by atoms with E-state index in [1.165, 1.54) is 5.56 Å². The number of aryl methyl sites for hydroxylation is 1. The van der Waals surface area contributed by atoms with Crippen molar-refractivity contribution < 1.29 is 23.8 Å². The standard InChI is InChI=1S/C38H48N8O6/c1-44-19-31(30-16-40-43-37(30)38(44)49)26-14-33(50-2)32(34(15-26)51-3)20-46-17-29(18-46)42-36(48)21-45-12-10-25(11-13-45)24-4-6-27(7-5-24)41-28-8-9-35(47)39-23-52-22-28/h4-7,14-16,19,25,28-29,41H,8-13,17-18,20-23H2,1-3H3,(H,39,47)(H,40,43)(H,42,48). The van der Waals surface area contributed by atoms with Crippen molar-refractivity contribution >= 4 is 28.4 Å². The molecule has 4 aromatic rings. The summed E-state index contributed by atoms with van der Waals surface area (Å²) < 4.78 is 18.7. The van der Waals surface area contributed by atoms with Gasteiger partial charge in [-0.1, -0.05) is 12.1 Å². The molecule has 3 fully saturated rings. The zero-order valence-corrected chi connectivity index (χ0v) is 30.1. The van der Waals surface area contributed by atoms with Crippen molar-refractivity contribution in [1.82, 2.24) is 35.2 Å². The monoisotopic (exact) mass is 712 g/mol. The number of nitrogens with one attached hydrogen (secondary N) is 4. The van der Waals surface area contributed by atoms with Gasteiger partial charge in [-0.2, -0.15) is 5.10 Å². The third kappa shape index (κ3) is 7.93. The van der Waals surface area contributed by atoms with Gasteiger partial charge < -0.3 is 34.7 Å². The average molecular weight is 713 g/mol. The molecule has 5 heterocycles. The molecule has 1 unspecified atom stereocenters. The minimum Gasteiger partial charge on any atom is -0.496 e. The molecular weight excluding hydrogens is 664 g/mol. The van der Waals surface area contributed by atoms with Gasteiger partial charge in [0.15, 0.2) is 0 Å². The number of benzene rings is 2. The van der Waals surface area contributed by atoms with Crippen LogP contribution in [0, 0.1) is 0 Å². The molecule has 2 amide bonds. The van der Waals surface area contributed by atoms with Gasteiger partial charge in [0.2, 0.25) is 11.8 Å². The molecule has 7 rings (SSSR count). The number of piperidine rings is 1. The van der Waals surface area contributed by atoms with Crippen molar-refractivity contribution in [3.8, 4) is 22.6 Å². The first kappa shape index (κ1) is 35.5. The maximum Gasteiger partial charge on any atom is 0.276 e. The highest BCUT2D eigenvalue weighted by Gasteiger charge is 2.31. The molecule has 0 saturated carbocycles. The topological polar surface area (TPSA) is 155 Å². The summed E-state index contributed by atoms with van der Waals surface area (Å²) in [6, 6.07) is 12.8. The van der Waals surface area contributed by atoms with E-state index in [2.05, 4.69) is 60.2 Å². The molecule has 3 saturated heterocycles. The number of aromatic nitrogens is 3. The Kier molecular flexibility index (Phi) is 10.8. The Labute approximate surface area is 302 Å². The van der Waals surface area contributed by atoms with Crippen molar-refractivity contribution in [3.05, 3.63) is 70.3 Å². The third-order valence-corrected chi connectivity index (χ3v) is 10.5. The molecule has 0 radical (unpaired) electrons. The Bertz CT molecular complexity index is 1920. The number of hydrogen-bond acceptors (Lipinski definition) is 10. The Morgan fingerprint density at radius 3 is 2.44 bits per heavy atom. The largest absolute Gasteiger partial charge is 0.496 e. The van der Waals surface area contributed by atoms with Gasteiger partial charge in [-0.25, -0.2) is 0 Å². The Morgan fingerprint density at radius 2 is 1.73 bits per heavy atom.